The zero-order valence-corrected chi connectivity index (χ0v) is 23.6. The fraction of sp³-hybridized carbons (Fsp3) is 0.444. The number of carbonyl (C=O) groups excluding carboxylic acids is 1. The SMILES string of the molecule is Cc1cc(C)c(S(=O)(=O)N[C@@H](CNC(=O)c2ccc(N3CCN(C4=NCCCN4)CC3)c(F)c2)C(=O)O)c(C)c1. The fourth-order valence-corrected chi connectivity index (χ4v) is 6.75. The predicted molar refractivity (Wildman–Crippen MR) is 150 cm³/mol. The number of guanidine groups is 1. The number of carbonyl (C=O) groups is 2. The van der Waals surface area contributed by atoms with Crippen LogP contribution in [0.25, 0.3) is 0 Å². The highest BCUT2D eigenvalue weighted by Crippen LogP contribution is 2.23. The van der Waals surface area contributed by atoms with Crippen LogP contribution in [0.3, 0.4) is 0 Å². The van der Waals surface area contributed by atoms with Crippen molar-refractivity contribution in [2.45, 2.75) is 38.1 Å². The Morgan fingerprint density at radius 2 is 1.73 bits per heavy atom. The average Bonchev–Trinajstić information content (AvgIpc) is 2.90. The smallest absolute Gasteiger partial charge is 0.323 e. The maximum Gasteiger partial charge on any atom is 0.323 e. The highest BCUT2D eigenvalue weighted by atomic mass is 32.2. The lowest BCUT2D eigenvalue weighted by Crippen LogP contribution is -2.53. The second kappa shape index (κ2) is 12.2. The number of nitrogens with zero attached hydrogens (tertiary/aromatic N) is 3. The van der Waals surface area contributed by atoms with Gasteiger partial charge in [-0.15, -0.1) is 0 Å². The first-order chi connectivity index (χ1) is 19.0. The summed E-state index contributed by atoms with van der Waals surface area (Å²) in [6, 6.07) is 5.85. The molecular formula is C27H35FN6O5S. The molecule has 0 aromatic heterocycles. The Kier molecular flexibility index (Phi) is 8.94. The van der Waals surface area contributed by atoms with Crippen molar-refractivity contribution in [2.75, 3.05) is 50.7 Å². The van der Waals surface area contributed by atoms with Gasteiger partial charge in [-0.05, 0) is 56.5 Å². The first-order valence-corrected chi connectivity index (χ1v) is 14.6. The summed E-state index contributed by atoms with van der Waals surface area (Å²) < 4.78 is 43.2. The molecule has 1 amide bonds. The lowest BCUT2D eigenvalue weighted by atomic mass is 10.1. The lowest BCUT2D eigenvalue weighted by Gasteiger charge is -2.38. The van der Waals surface area contributed by atoms with Gasteiger partial charge < -0.3 is 25.5 Å². The van der Waals surface area contributed by atoms with Crippen molar-refractivity contribution in [3.63, 3.8) is 0 Å². The molecule has 1 atom stereocenters. The van der Waals surface area contributed by atoms with Gasteiger partial charge in [0.1, 0.15) is 11.9 Å². The number of aryl methyl sites for hydroxylation is 3. The van der Waals surface area contributed by atoms with Gasteiger partial charge >= 0.3 is 5.97 Å². The van der Waals surface area contributed by atoms with E-state index in [0.717, 1.165) is 37.1 Å². The first kappa shape index (κ1) is 29.3. The van der Waals surface area contributed by atoms with Crippen molar-refractivity contribution in [2.24, 2.45) is 4.99 Å². The van der Waals surface area contributed by atoms with Crippen LogP contribution in [0.5, 0.6) is 0 Å². The van der Waals surface area contributed by atoms with Gasteiger partial charge in [0.2, 0.25) is 10.0 Å². The van der Waals surface area contributed by atoms with Gasteiger partial charge in [0, 0.05) is 51.4 Å². The van der Waals surface area contributed by atoms with Crippen LogP contribution < -0.4 is 20.3 Å². The second-order valence-electron chi connectivity index (χ2n) is 10.1. The van der Waals surface area contributed by atoms with Gasteiger partial charge in [-0.1, -0.05) is 17.7 Å². The molecule has 0 spiro atoms. The molecule has 2 aromatic rings. The third-order valence-corrected chi connectivity index (χ3v) is 8.72. The number of rotatable bonds is 8. The van der Waals surface area contributed by atoms with Crippen LogP contribution >= 0.6 is 0 Å². The Morgan fingerprint density at radius 3 is 2.30 bits per heavy atom. The Morgan fingerprint density at radius 1 is 1.07 bits per heavy atom. The molecule has 4 rings (SSSR count). The number of hydrogen-bond acceptors (Lipinski definition) is 8. The zero-order chi connectivity index (χ0) is 29.0. The maximum absolute atomic E-state index is 15.0. The van der Waals surface area contributed by atoms with Crippen LogP contribution in [-0.2, 0) is 14.8 Å². The summed E-state index contributed by atoms with van der Waals surface area (Å²) in [5.41, 5.74) is 2.21. The maximum atomic E-state index is 15.0. The minimum atomic E-state index is -4.19. The van der Waals surface area contributed by atoms with Crippen LogP contribution in [0.15, 0.2) is 40.2 Å². The monoisotopic (exact) mass is 574 g/mol. The fourth-order valence-electron chi connectivity index (χ4n) is 5.11. The predicted octanol–water partition coefficient (Wildman–Crippen LogP) is 1.38. The number of anilines is 1. The largest absolute Gasteiger partial charge is 0.480 e. The second-order valence-corrected chi connectivity index (χ2v) is 11.7. The summed E-state index contributed by atoms with van der Waals surface area (Å²) in [6.07, 6.45) is 1.01. The molecule has 11 nitrogen and oxygen atoms in total. The molecule has 2 heterocycles. The van der Waals surface area contributed by atoms with E-state index in [1.54, 1.807) is 26.0 Å². The zero-order valence-electron chi connectivity index (χ0n) is 22.8. The number of hydrogen-bond donors (Lipinski definition) is 4. The summed E-state index contributed by atoms with van der Waals surface area (Å²) in [5, 5.41) is 15.3. The van der Waals surface area contributed by atoms with Gasteiger partial charge in [-0.2, -0.15) is 4.72 Å². The topological polar surface area (TPSA) is 143 Å². The molecular weight excluding hydrogens is 539 g/mol. The van der Waals surface area contributed by atoms with E-state index >= 15 is 4.39 Å². The first-order valence-electron chi connectivity index (χ1n) is 13.1. The average molecular weight is 575 g/mol. The molecule has 2 aliphatic rings. The summed E-state index contributed by atoms with van der Waals surface area (Å²) in [5.74, 6) is -1.87. The van der Waals surface area contributed by atoms with Gasteiger partial charge in [0.05, 0.1) is 10.6 Å². The number of carboxylic acid groups (broad SMARTS) is 1. The van der Waals surface area contributed by atoms with E-state index < -0.39 is 40.3 Å². The van der Waals surface area contributed by atoms with Gasteiger partial charge in [-0.3, -0.25) is 14.6 Å². The van der Waals surface area contributed by atoms with Crippen molar-refractivity contribution in [1.82, 2.24) is 20.3 Å². The molecule has 2 aromatic carbocycles. The number of sulfonamides is 1. The Bertz CT molecular complexity index is 1400. The van der Waals surface area contributed by atoms with E-state index in [1.807, 2.05) is 11.8 Å². The Balaban J connectivity index is 1.37. The highest BCUT2D eigenvalue weighted by molar-refractivity contribution is 7.89. The molecule has 0 radical (unpaired) electrons. The molecule has 2 aliphatic heterocycles. The van der Waals surface area contributed by atoms with Gasteiger partial charge in [-0.25, -0.2) is 12.8 Å². The molecule has 1 fully saturated rings. The van der Waals surface area contributed by atoms with Crippen molar-refractivity contribution in [3.05, 3.63) is 58.4 Å². The molecule has 0 bridgehead atoms. The van der Waals surface area contributed by atoms with Gasteiger partial charge in [0.15, 0.2) is 5.96 Å². The Hall–Kier alpha value is -3.71. The van der Waals surface area contributed by atoms with Crippen LogP contribution in [0.4, 0.5) is 10.1 Å². The van der Waals surface area contributed by atoms with Crippen molar-refractivity contribution in [1.29, 1.82) is 0 Å². The number of benzene rings is 2. The van der Waals surface area contributed by atoms with Gasteiger partial charge in [0.25, 0.3) is 5.91 Å². The quantitative estimate of drug-likeness (QED) is 0.370. The summed E-state index contributed by atoms with van der Waals surface area (Å²) in [7, 11) is -4.19. The third-order valence-electron chi connectivity index (χ3n) is 6.94. The summed E-state index contributed by atoms with van der Waals surface area (Å²) >= 11 is 0. The van der Waals surface area contributed by atoms with E-state index in [4.69, 9.17) is 0 Å². The molecule has 0 aliphatic carbocycles. The van der Waals surface area contributed by atoms with E-state index in [-0.39, 0.29) is 10.5 Å². The Labute approximate surface area is 233 Å². The van der Waals surface area contributed by atoms with Crippen molar-refractivity contribution in [3.8, 4) is 0 Å². The minimum absolute atomic E-state index is 0.00198. The molecule has 1 saturated heterocycles. The van der Waals surface area contributed by atoms with E-state index in [0.29, 0.717) is 43.0 Å². The van der Waals surface area contributed by atoms with Crippen molar-refractivity contribution >= 4 is 33.5 Å². The number of piperazine rings is 1. The van der Waals surface area contributed by atoms with E-state index in [2.05, 4.69) is 25.2 Å². The number of halogens is 1. The van der Waals surface area contributed by atoms with Crippen LogP contribution in [0, 0.1) is 26.6 Å². The minimum Gasteiger partial charge on any atom is -0.480 e. The molecule has 4 N–H and O–H groups in total. The van der Waals surface area contributed by atoms with Crippen LogP contribution in [0.1, 0.15) is 33.5 Å². The standard InChI is InChI=1S/C27H35FN6O5S/c1-17-13-18(2)24(19(3)14-17)40(38,39)32-22(26(36)37)16-31-25(35)20-5-6-23(21(28)15-20)33-9-11-34(12-10-33)27-29-7-4-8-30-27/h5-6,13-15,22,32H,4,7-12,16H2,1-3H3,(H,29,30)(H,31,35)(H,36,37)/t22-/m0/s1. The number of carboxylic acids is 1. The number of aliphatic carboxylic acids is 1. The highest BCUT2D eigenvalue weighted by Gasteiger charge is 2.29. The molecule has 13 heteroatoms. The third kappa shape index (κ3) is 6.70. The normalized spacial score (nSPS) is 16.6. The molecule has 0 saturated carbocycles. The number of amides is 1. The molecule has 40 heavy (non-hydrogen) atoms. The molecule has 0 unspecified atom stereocenters. The molecule has 216 valence electrons. The summed E-state index contributed by atoms with van der Waals surface area (Å²) in [4.78, 5) is 33.1. The van der Waals surface area contributed by atoms with E-state index in [9.17, 15) is 23.1 Å². The van der Waals surface area contributed by atoms with Crippen molar-refractivity contribution < 1.29 is 27.5 Å². The number of aliphatic imine (C=N–C) groups is 1. The van der Waals surface area contributed by atoms with Crippen LogP contribution in [0.2, 0.25) is 0 Å². The van der Waals surface area contributed by atoms with E-state index in [1.165, 1.54) is 12.1 Å². The number of nitrogens with one attached hydrogen (secondary N) is 3. The lowest BCUT2D eigenvalue weighted by molar-refractivity contribution is -0.138. The summed E-state index contributed by atoms with van der Waals surface area (Å²) in [6.45, 7) is 8.80. The van der Waals surface area contributed by atoms with Crippen LogP contribution in [-0.4, -0.2) is 88.1 Å².